The highest BCUT2D eigenvalue weighted by molar-refractivity contribution is 7.48. The highest BCUT2D eigenvalue weighted by Crippen LogP contribution is 2.53. The van der Waals surface area contributed by atoms with Crippen LogP contribution in [0.2, 0.25) is 0 Å². The molecule has 0 amide bonds. The van der Waals surface area contributed by atoms with Gasteiger partial charge in [-0.15, -0.1) is 0 Å². The normalized spacial score (nSPS) is 21.8. The molecular weight excluding hydrogens is 574 g/mol. The molecule has 2 heterocycles. The number of nitrogen functional groups attached to an aromatic ring is 1. The lowest BCUT2D eigenvalue weighted by molar-refractivity contribution is -0.00459. The quantitative estimate of drug-likeness (QED) is 0.209. The second kappa shape index (κ2) is 11.2. The number of para-hydroxylation sites is 2. The van der Waals surface area contributed by atoms with Gasteiger partial charge in [-0.25, -0.2) is 32.9 Å². The number of benzene rings is 2. The number of rotatable bonds is 11. The highest BCUT2D eigenvalue weighted by Gasteiger charge is 2.46. The van der Waals surface area contributed by atoms with Gasteiger partial charge in [0.25, 0.3) is 0 Å². The van der Waals surface area contributed by atoms with Crippen molar-refractivity contribution in [3.05, 3.63) is 72.8 Å². The van der Waals surface area contributed by atoms with E-state index < -0.39 is 63.3 Å². The van der Waals surface area contributed by atoms with Crippen LogP contribution in [0.15, 0.2) is 61.2 Å². The van der Waals surface area contributed by atoms with Gasteiger partial charge in [0.15, 0.2) is 34.6 Å². The van der Waals surface area contributed by atoms with E-state index in [1.165, 1.54) is 49.1 Å². The van der Waals surface area contributed by atoms with Gasteiger partial charge in [0, 0.05) is 12.0 Å². The maximum absolute atomic E-state index is 13.9. The zero-order chi connectivity index (χ0) is 28.5. The maximum atomic E-state index is 13.9. The summed E-state index contributed by atoms with van der Waals surface area (Å²) in [7, 11) is -9.52. The molecule has 1 fully saturated rings. The van der Waals surface area contributed by atoms with Crippen LogP contribution < -0.4 is 14.8 Å². The van der Waals surface area contributed by atoms with E-state index in [1.54, 1.807) is 4.57 Å². The zero-order valence-corrected chi connectivity index (χ0v) is 22.3. The van der Waals surface area contributed by atoms with Crippen LogP contribution in [0.25, 0.3) is 11.2 Å². The molecule has 1 aliphatic carbocycles. The Balaban J connectivity index is 1.32. The molecule has 0 spiro atoms. The third-order valence-corrected chi connectivity index (χ3v) is 8.18. The summed E-state index contributed by atoms with van der Waals surface area (Å²) in [6.45, 7) is -0.745. The van der Waals surface area contributed by atoms with Gasteiger partial charge in [-0.3, -0.25) is 18.8 Å². The van der Waals surface area contributed by atoms with Gasteiger partial charge in [0.05, 0.1) is 19.5 Å². The molecule has 1 saturated carbocycles. The van der Waals surface area contributed by atoms with E-state index in [1.807, 2.05) is 0 Å². The predicted octanol–water partition coefficient (Wildman–Crippen LogP) is 4.26. The number of phosphoric ester groups is 2. The molecule has 2 unspecified atom stereocenters. The summed E-state index contributed by atoms with van der Waals surface area (Å²) >= 11 is 0. The van der Waals surface area contributed by atoms with Crippen molar-refractivity contribution in [2.45, 2.75) is 12.5 Å². The first-order valence-corrected chi connectivity index (χ1v) is 14.8. The fourth-order valence-electron chi connectivity index (χ4n) is 4.36. The summed E-state index contributed by atoms with van der Waals surface area (Å²) in [5.41, 5.74) is 6.61. The Morgan fingerprint density at radius 1 is 0.900 bits per heavy atom. The molecule has 17 heteroatoms. The summed E-state index contributed by atoms with van der Waals surface area (Å²) in [5.74, 6) is -3.60. The van der Waals surface area contributed by atoms with E-state index >= 15 is 0 Å². The van der Waals surface area contributed by atoms with E-state index in [0.717, 1.165) is 12.1 Å². The molecule has 2 aromatic heterocycles. The minimum Gasteiger partial charge on any atom is -0.401 e. The Labute approximate surface area is 225 Å². The van der Waals surface area contributed by atoms with Gasteiger partial charge < -0.3 is 19.3 Å². The minimum atomic E-state index is -4.79. The van der Waals surface area contributed by atoms with Crippen LogP contribution in [0.5, 0.6) is 11.5 Å². The van der Waals surface area contributed by atoms with Crippen LogP contribution >= 0.6 is 15.6 Å². The molecule has 2 aromatic carbocycles. The topological polar surface area (TPSA) is 181 Å². The highest BCUT2D eigenvalue weighted by atomic mass is 31.2. The molecule has 0 bridgehead atoms. The molecule has 13 nitrogen and oxygen atoms in total. The number of halogens is 2. The first kappa shape index (κ1) is 28.1. The van der Waals surface area contributed by atoms with Crippen molar-refractivity contribution in [3.63, 3.8) is 0 Å². The van der Waals surface area contributed by atoms with Crippen molar-refractivity contribution in [3.8, 4) is 11.5 Å². The molecule has 5 atom stereocenters. The maximum Gasteiger partial charge on any atom is 0.527 e. The SMILES string of the molecule is Nc1ncnc2c1ncn2[C@@H]1C[C@H](COP(=O)(O)Oc2ccccc2F)[C@@H]1COP(=O)(O)Oc1ccccc1F. The predicted molar refractivity (Wildman–Crippen MR) is 136 cm³/mol. The monoisotopic (exact) mass is 597 g/mol. The molecule has 40 heavy (non-hydrogen) atoms. The second-order valence-electron chi connectivity index (χ2n) is 8.88. The number of imidazole rings is 1. The van der Waals surface area contributed by atoms with Gasteiger partial charge in [-0.05, 0) is 36.6 Å². The van der Waals surface area contributed by atoms with Crippen LogP contribution in [0, 0.1) is 23.5 Å². The average molecular weight is 597 g/mol. The first-order chi connectivity index (χ1) is 19.0. The standard InChI is InChI=1S/C23H23F2N5O8P2/c24-16-5-1-3-7-19(16)37-39(31,32)35-10-14-9-18(30-13-29-21-22(26)27-12-28-23(21)30)15(14)11-36-40(33,34)38-20-8-4-2-6-17(20)25/h1-8,12-15,18H,9-11H2,(H,31,32)(H,33,34)(H2,26,27,28)/t14-,15+,18-/m1/s1. The van der Waals surface area contributed by atoms with Crippen LogP contribution in [0.3, 0.4) is 0 Å². The Bertz CT molecular complexity index is 1630. The van der Waals surface area contributed by atoms with Crippen LogP contribution in [0.1, 0.15) is 12.5 Å². The fourth-order valence-corrected chi connectivity index (χ4v) is 6.00. The molecule has 0 radical (unpaired) electrons. The van der Waals surface area contributed by atoms with Crippen molar-refractivity contribution < 1.29 is 45.8 Å². The van der Waals surface area contributed by atoms with Crippen LogP contribution in [0.4, 0.5) is 14.6 Å². The first-order valence-electron chi connectivity index (χ1n) is 11.8. The van der Waals surface area contributed by atoms with Gasteiger partial charge in [0.2, 0.25) is 0 Å². The van der Waals surface area contributed by atoms with Crippen molar-refractivity contribution in [2.75, 3.05) is 18.9 Å². The Kier molecular flexibility index (Phi) is 7.87. The summed E-state index contributed by atoms with van der Waals surface area (Å²) in [5, 5.41) is 0. The van der Waals surface area contributed by atoms with Gasteiger partial charge in [0.1, 0.15) is 11.8 Å². The summed E-state index contributed by atoms with van der Waals surface area (Å²) in [6.07, 6.45) is 3.07. The smallest absolute Gasteiger partial charge is 0.401 e. The number of aromatic nitrogens is 4. The Morgan fingerprint density at radius 2 is 1.48 bits per heavy atom. The lowest BCUT2D eigenvalue weighted by Crippen LogP contribution is -2.43. The molecular formula is C23H23F2N5O8P2. The molecule has 0 aliphatic heterocycles. The van der Waals surface area contributed by atoms with E-state index in [4.69, 9.17) is 23.8 Å². The summed E-state index contributed by atoms with van der Waals surface area (Å²) < 4.78 is 74.6. The van der Waals surface area contributed by atoms with Crippen molar-refractivity contribution in [1.82, 2.24) is 19.5 Å². The third-order valence-electron chi connectivity index (χ3n) is 6.37. The Morgan fingerprint density at radius 3 is 2.08 bits per heavy atom. The molecule has 0 saturated heterocycles. The van der Waals surface area contributed by atoms with E-state index in [9.17, 15) is 27.7 Å². The van der Waals surface area contributed by atoms with E-state index in [-0.39, 0.29) is 12.4 Å². The van der Waals surface area contributed by atoms with E-state index in [0.29, 0.717) is 17.6 Å². The second-order valence-corrected chi connectivity index (χ2v) is 11.6. The third kappa shape index (κ3) is 6.15. The number of nitrogens with two attached hydrogens (primary N) is 1. The number of anilines is 1. The minimum absolute atomic E-state index is 0.153. The summed E-state index contributed by atoms with van der Waals surface area (Å²) in [6, 6.07) is 9.64. The molecule has 212 valence electrons. The van der Waals surface area contributed by atoms with Gasteiger partial charge in [-0.1, -0.05) is 24.3 Å². The lowest BCUT2D eigenvalue weighted by atomic mass is 9.70. The van der Waals surface area contributed by atoms with Gasteiger partial charge >= 0.3 is 15.6 Å². The largest absolute Gasteiger partial charge is 0.527 e. The molecule has 4 aromatic rings. The average Bonchev–Trinajstić information content (AvgIpc) is 3.31. The molecule has 4 N–H and O–H groups in total. The lowest BCUT2D eigenvalue weighted by Gasteiger charge is -2.45. The number of phosphoric acid groups is 2. The number of hydrogen-bond acceptors (Lipinski definition) is 10. The molecule has 1 aliphatic rings. The van der Waals surface area contributed by atoms with E-state index in [2.05, 4.69) is 15.0 Å². The Hall–Kier alpha value is -3.45. The number of nitrogens with zero attached hydrogens (tertiary/aromatic N) is 4. The fraction of sp³-hybridized carbons (Fsp3) is 0.261. The zero-order valence-electron chi connectivity index (χ0n) is 20.5. The number of hydrogen-bond donors (Lipinski definition) is 3. The number of fused-ring (bicyclic) bond motifs is 1. The van der Waals surface area contributed by atoms with Crippen molar-refractivity contribution in [2.24, 2.45) is 11.8 Å². The van der Waals surface area contributed by atoms with Crippen LogP contribution in [-0.4, -0.2) is 42.5 Å². The molecule has 5 rings (SSSR count). The van der Waals surface area contributed by atoms with Crippen LogP contribution in [-0.2, 0) is 18.2 Å². The van der Waals surface area contributed by atoms with Crippen molar-refractivity contribution in [1.29, 1.82) is 0 Å². The van der Waals surface area contributed by atoms with Gasteiger partial charge in [-0.2, -0.15) is 0 Å². The van der Waals surface area contributed by atoms with Crippen molar-refractivity contribution >= 4 is 32.6 Å². The summed E-state index contributed by atoms with van der Waals surface area (Å²) in [4.78, 5) is 32.7.